The molecule has 7 nitrogen and oxygen atoms in total. The molecule has 0 aliphatic rings. The van der Waals surface area contributed by atoms with Crippen molar-refractivity contribution in [3.8, 4) is 0 Å². The Labute approximate surface area is 38.3 Å². The average Bonchev–Trinajstić information content (AvgIpc) is 1.33. The molecule has 0 aromatic rings. The van der Waals surface area contributed by atoms with Crippen LogP contribution >= 0.6 is 0 Å². The fraction of sp³-hybridized carbons (Fsp3) is 0. The van der Waals surface area contributed by atoms with Crippen molar-refractivity contribution in [3.05, 3.63) is 10.1 Å². The number of nitrogens with one attached hydrogen (secondary N) is 1. The number of hydrogen-bond acceptors (Lipinski definition) is 4. The van der Waals surface area contributed by atoms with Gasteiger partial charge in [0.2, 0.25) is 0 Å². The number of nitrogens with zero attached hydrogens (tertiary/aromatic N) is 2. The molecule has 0 spiro atoms. The maximum atomic E-state index is 8.36. The van der Waals surface area contributed by atoms with Gasteiger partial charge in [-0.1, -0.05) is 5.22 Å². The van der Waals surface area contributed by atoms with E-state index in [-0.39, 0.29) is 0 Å². The first-order valence-electron chi connectivity index (χ1n) is 1.05. The van der Waals surface area contributed by atoms with Gasteiger partial charge in [-0.2, -0.15) is 5.53 Å². The van der Waals surface area contributed by atoms with E-state index in [1.165, 1.54) is 0 Å². The quantitative estimate of drug-likeness (QED) is 0.168. The molecule has 0 rings (SSSR count). The minimum absolute atomic E-state index is 1.50. The standard InChI is InChI=1S/H3N3.HNO3/c1-3-2;2-1(3)4/h(H3,1,2);(H,2,3,4). The van der Waals surface area contributed by atoms with Crippen molar-refractivity contribution in [1.82, 2.24) is 0 Å². The largest absolute Gasteiger partial charge is 0.328 e. The van der Waals surface area contributed by atoms with Crippen LogP contribution in [0, 0.1) is 15.6 Å². The van der Waals surface area contributed by atoms with Gasteiger partial charge in [0.05, 0.1) is 0 Å². The van der Waals surface area contributed by atoms with E-state index in [9.17, 15) is 0 Å². The van der Waals surface area contributed by atoms with E-state index < -0.39 is 5.09 Å². The molecular weight excluding hydrogens is 104 g/mol. The Bertz CT molecular complexity index is 54.0. The van der Waals surface area contributed by atoms with Crippen molar-refractivity contribution in [1.29, 1.82) is 5.53 Å². The normalized spacial score (nSPS) is 5.14. The molecule has 0 atom stereocenters. The Balaban J connectivity index is 0. The summed E-state index contributed by atoms with van der Waals surface area (Å²) in [7, 11) is 0. The average molecular weight is 108 g/mol. The molecule has 7 heavy (non-hydrogen) atoms. The van der Waals surface area contributed by atoms with Crippen LogP contribution in [0.4, 0.5) is 0 Å². The summed E-state index contributed by atoms with van der Waals surface area (Å²) in [5.74, 6) is 4.14. The number of nitrogens with two attached hydrogens (primary N) is 1. The fourth-order valence-electron chi connectivity index (χ4n) is 0. The molecule has 0 aliphatic heterocycles. The molecule has 0 radical (unpaired) electrons. The third-order valence-corrected chi connectivity index (χ3v) is 0. The first kappa shape index (κ1) is 9.14. The second-order valence-electron chi connectivity index (χ2n) is 0.367. The highest BCUT2D eigenvalue weighted by molar-refractivity contribution is 3.83. The summed E-state index contributed by atoms with van der Waals surface area (Å²) >= 11 is 0. The SMILES string of the molecule is N=NN.O=[N+]([O-])O. The van der Waals surface area contributed by atoms with Crippen molar-refractivity contribution in [3.63, 3.8) is 0 Å². The maximum Gasteiger partial charge on any atom is 0.291 e. The zero-order chi connectivity index (χ0) is 6.28. The first-order valence-corrected chi connectivity index (χ1v) is 1.05. The first-order chi connectivity index (χ1) is 3.15. The lowest BCUT2D eigenvalue weighted by Crippen LogP contribution is -1.81. The van der Waals surface area contributed by atoms with Crippen LogP contribution in [0.3, 0.4) is 0 Å². The molecule has 0 fully saturated rings. The second kappa shape index (κ2) is 8.82. The summed E-state index contributed by atoms with van der Waals surface area (Å²) in [4.78, 5) is 8.36. The summed E-state index contributed by atoms with van der Waals surface area (Å²) in [5, 5.41) is 15.9. The summed E-state index contributed by atoms with van der Waals surface area (Å²) < 4.78 is 0. The Morgan fingerprint density at radius 1 is 2.00 bits per heavy atom. The van der Waals surface area contributed by atoms with E-state index in [0.717, 1.165) is 0 Å². The van der Waals surface area contributed by atoms with Crippen LogP contribution < -0.4 is 5.84 Å². The van der Waals surface area contributed by atoms with E-state index in [1.807, 2.05) is 0 Å². The minimum atomic E-state index is -1.50. The van der Waals surface area contributed by atoms with Gasteiger partial charge < -0.3 is 11.0 Å². The molecule has 4 N–H and O–H groups in total. The highest BCUT2D eigenvalue weighted by atomic mass is 16.9. The van der Waals surface area contributed by atoms with Crippen molar-refractivity contribution in [2.45, 2.75) is 0 Å². The molecule has 0 amide bonds. The van der Waals surface area contributed by atoms with Crippen LogP contribution in [0.1, 0.15) is 0 Å². The Morgan fingerprint density at radius 3 is 2.00 bits per heavy atom. The van der Waals surface area contributed by atoms with Crippen LogP contribution in [0.5, 0.6) is 0 Å². The molecule has 0 saturated heterocycles. The lowest BCUT2D eigenvalue weighted by molar-refractivity contribution is -0.742. The lowest BCUT2D eigenvalue weighted by atomic mass is 12.8. The van der Waals surface area contributed by atoms with E-state index in [2.05, 4.69) is 11.1 Å². The van der Waals surface area contributed by atoms with Crippen molar-refractivity contribution >= 4 is 0 Å². The van der Waals surface area contributed by atoms with Gasteiger partial charge in [0, 0.05) is 0 Å². The third-order valence-electron chi connectivity index (χ3n) is 0. The van der Waals surface area contributed by atoms with E-state index in [0.29, 0.717) is 0 Å². The lowest BCUT2D eigenvalue weighted by Gasteiger charge is -1.56. The van der Waals surface area contributed by atoms with Crippen LogP contribution in [0.2, 0.25) is 0 Å². The zero-order valence-electron chi connectivity index (χ0n) is 3.24. The van der Waals surface area contributed by atoms with Gasteiger partial charge in [0.1, 0.15) is 0 Å². The van der Waals surface area contributed by atoms with Crippen molar-refractivity contribution in [2.24, 2.45) is 11.1 Å². The van der Waals surface area contributed by atoms with Crippen molar-refractivity contribution in [2.75, 3.05) is 0 Å². The molecule has 0 bridgehead atoms. The molecule has 0 heterocycles. The Morgan fingerprint density at radius 2 is 2.00 bits per heavy atom. The zero-order valence-corrected chi connectivity index (χ0v) is 3.24. The fourth-order valence-corrected chi connectivity index (χ4v) is 0. The summed E-state index contributed by atoms with van der Waals surface area (Å²) in [5.41, 5.74) is 5.61. The molecule has 0 unspecified atom stereocenters. The van der Waals surface area contributed by atoms with E-state index in [1.54, 1.807) is 0 Å². The van der Waals surface area contributed by atoms with E-state index >= 15 is 0 Å². The van der Waals surface area contributed by atoms with Gasteiger partial charge in [-0.15, -0.1) is 10.1 Å². The van der Waals surface area contributed by atoms with Gasteiger partial charge in [-0.25, -0.2) is 0 Å². The Hall–Kier alpha value is -1.40. The van der Waals surface area contributed by atoms with Crippen LogP contribution in [0.25, 0.3) is 0 Å². The predicted molar refractivity (Wildman–Crippen MR) is 18.1 cm³/mol. The van der Waals surface area contributed by atoms with Gasteiger partial charge >= 0.3 is 0 Å². The highest BCUT2D eigenvalue weighted by Gasteiger charge is 1.65. The molecular formula is H4N4O3. The van der Waals surface area contributed by atoms with Gasteiger partial charge in [0.15, 0.2) is 0 Å². The monoisotopic (exact) mass is 108 g/mol. The number of hydrogen-bond donors (Lipinski definition) is 3. The molecule has 7 heteroatoms. The van der Waals surface area contributed by atoms with E-state index in [4.69, 9.17) is 20.9 Å². The molecule has 0 aliphatic carbocycles. The maximum absolute atomic E-state index is 8.36. The van der Waals surface area contributed by atoms with Crippen LogP contribution in [0.15, 0.2) is 5.22 Å². The van der Waals surface area contributed by atoms with Gasteiger partial charge in [-0.05, 0) is 0 Å². The smallest absolute Gasteiger partial charge is 0.291 e. The topological polar surface area (TPSA) is 126 Å². The summed E-state index contributed by atoms with van der Waals surface area (Å²) in [6.07, 6.45) is 0. The highest BCUT2D eigenvalue weighted by Crippen LogP contribution is 1.38. The molecule has 0 saturated carbocycles. The predicted octanol–water partition coefficient (Wildman–Crippen LogP) is -0.457. The molecule has 0 aromatic heterocycles. The third kappa shape index (κ3) is 15.9. The molecule has 42 valence electrons. The second-order valence-corrected chi connectivity index (χ2v) is 0.367. The number of rotatable bonds is 0. The minimum Gasteiger partial charge on any atom is -0.328 e. The Kier molecular flexibility index (Phi) is 11.5. The van der Waals surface area contributed by atoms with Crippen LogP contribution in [-0.2, 0) is 0 Å². The summed E-state index contributed by atoms with van der Waals surface area (Å²) in [6, 6.07) is 0. The molecule has 0 aromatic carbocycles. The van der Waals surface area contributed by atoms with Crippen LogP contribution in [-0.4, -0.2) is 10.3 Å². The van der Waals surface area contributed by atoms with Crippen molar-refractivity contribution < 1.29 is 10.3 Å². The summed E-state index contributed by atoms with van der Waals surface area (Å²) in [6.45, 7) is 0. The van der Waals surface area contributed by atoms with Gasteiger partial charge in [-0.3, -0.25) is 0 Å². The van der Waals surface area contributed by atoms with Gasteiger partial charge in [0.25, 0.3) is 5.09 Å².